The van der Waals surface area contributed by atoms with E-state index in [2.05, 4.69) is 5.10 Å². The Morgan fingerprint density at radius 1 is 1.21 bits per heavy atom. The van der Waals surface area contributed by atoms with Crippen molar-refractivity contribution in [3.05, 3.63) is 46.8 Å². The van der Waals surface area contributed by atoms with Crippen LogP contribution >= 0.6 is 11.6 Å². The zero-order valence-electron chi connectivity index (χ0n) is 10.4. The molecule has 0 saturated heterocycles. The smallest absolute Gasteiger partial charge is 0.228 e. The van der Waals surface area contributed by atoms with Crippen LogP contribution < -0.4 is 0 Å². The number of alkyl halides is 4. The summed E-state index contributed by atoms with van der Waals surface area (Å²) in [4.78, 5) is 0. The molecule has 0 spiro atoms. The zero-order valence-corrected chi connectivity index (χ0v) is 11.2. The monoisotopic (exact) mass is 288 g/mol. The molecule has 0 bridgehead atoms. The zero-order chi connectivity index (χ0) is 14.2. The maximum Gasteiger partial charge on any atom is 0.433 e. The number of nitrogens with zero attached hydrogens (tertiary/aromatic N) is 2. The lowest BCUT2D eigenvalue weighted by atomic mass is 10.1. The molecule has 0 aliphatic rings. The Morgan fingerprint density at radius 3 is 2.26 bits per heavy atom. The van der Waals surface area contributed by atoms with Gasteiger partial charge in [0, 0.05) is 5.56 Å². The maximum absolute atomic E-state index is 13.2. The third-order valence-corrected chi connectivity index (χ3v) is 3.20. The van der Waals surface area contributed by atoms with E-state index in [1.165, 1.54) is 6.20 Å². The molecule has 0 amide bonds. The second-order valence-electron chi connectivity index (χ2n) is 4.30. The third-order valence-electron chi connectivity index (χ3n) is 2.91. The van der Waals surface area contributed by atoms with Crippen LogP contribution in [-0.4, -0.2) is 9.78 Å². The van der Waals surface area contributed by atoms with Crippen LogP contribution in [0, 0.1) is 13.8 Å². The van der Waals surface area contributed by atoms with E-state index in [1.807, 2.05) is 0 Å². The second-order valence-corrected chi connectivity index (χ2v) is 4.57. The molecule has 0 aliphatic carbocycles. The van der Waals surface area contributed by atoms with Gasteiger partial charge in [-0.05, 0) is 25.0 Å². The summed E-state index contributed by atoms with van der Waals surface area (Å²) in [6.45, 7) is 3.51. The lowest BCUT2D eigenvalue weighted by Gasteiger charge is -2.15. The molecule has 19 heavy (non-hydrogen) atoms. The summed E-state index contributed by atoms with van der Waals surface area (Å²) in [5, 5.41) is 3.86. The fourth-order valence-electron chi connectivity index (χ4n) is 2.09. The molecule has 0 radical (unpaired) electrons. The molecule has 2 aromatic rings. The van der Waals surface area contributed by atoms with E-state index in [0.717, 1.165) is 15.8 Å². The highest BCUT2D eigenvalue weighted by atomic mass is 35.5. The molecule has 2 rings (SSSR count). The van der Waals surface area contributed by atoms with Gasteiger partial charge < -0.3 is 0 Å². The molecule has 6 heteroatoms. The molecule has 0 atom stereocenters. The average molecular weight is 289 g/mol. The van der Waals surface area contributed by atoms with Crippen molar-refractivity contribution in [2.45, 2.75) is 25.9 Å². The lowest BCUT2D eigenvalue weighted by molar-refractivity contribution is -0.143. The number of aryl methyl sites for hydroxylation is 2. The van der Waals surface area contributed by atoms with E-state index in [-0.39, 0.29) is 11.4 Å². The third kappa shape index (κ3) is 2.47. The number of rotatable bonds is 2. The molecule has 102 valence electrons. The van der Waals surface area contributed by atoms with E-state index < -0.39 is 11.9 Å². The topological polar surface area (TPSA) is 17.8 Å². The fourth-order valence-corrected chi connectivity index (χ4v) is 2.29. The summed E-state index contributed by atoms with van der Waals surface area (Å²) >= 11 is 5.57. The van der Waals surface area contributed by atoms with Gasteiger partial charge in [-0.1, -0.05) is 18.2 Å². The molecule has 0 fully saturated rings. The van der Waals surface area contributed by atoms with E-state index in [4.69, 9.17) is 11.6 Å². The van der Waals surface area contributed by atoms with Gasteiger partial charge in [-0.3, -0.25) is 0 Å². The first-order chi connectivity index (χ1) is 8.86. The Labute approximate surface area is 113 Å². The van der Waals surface area contributed by atoms with Crippen LogP contribution in [0.5, 0.6) is 0 Å². The Kier molecular flexibility index (Phi) is 3.58. The standard InChI is InChI=1S/C13H12ClF3N2/c1-8-4-3-5-9(2)11(8)19-12(13(15,16)17)10(6-14)7-18-19/h3-5,7H,6H2,1-2H3. The molecular weight excluding hydrogens is 277 g/mol. The van der Waals surface area contributed by atoms with Crippen LogP contribution in [0.15, 0.2) is 24.4 Å². The Balaban J connectivity index is 2.74. The largest absolute Gasteiger partial charge is 0.433 e. The molecule has 0 saturated carbocycles. The van der Waals surface area contributed by atoms with Crippen LogP contribution in [0.25, 0.3) is 5.69 Å². The highest BCUT2D eigenvalue weighted by Crippen LogP contribution is 2.35. The van der Waals surface area contributed by atoms with Gasteiger partial charge in [-0.2, -0.15) is 18.3 Å². The first-order valence-corrected chi connectivity index (χ1v) is 6.16. The van der Waals surface area contributed by atoms with Crippen LogP contribution in [0.1, 0.15) is 22.4 Å². The van der Waals surface area contributed by atoms with Gasteiger partial charge in [-0.15, -0.1) is 11.6 Å². The van der Waals surface area contributed by atoms with Crippen molar-refractivity contribution in [1.82, 2.24) is 9.78 Å². The van der Waals surface area contributed by atoms with Crippen molar-refractivity contribution >= 4 is 11.6 Å². The number of halogens is 4. The molecular formula is C13H12ClF3N2. The van der Waals surface area contributed by atoms with Crippen molar-refractivity contribution in [2.75, 3.05) is 0 Å². The summed E-state index contributed by atoms with van der Waals surface area (Å²) in [5.74, 6) is -0.222. The van der Waals surface area contributed by atoms with Gasteiger partial charge in [-0.25, -0.2) is 4.68 Å². The minimum absolute atomic E-state index is 0.0168. The first kappa shape index (κ1) is 13.9. The Bertz CT molecular complexity index is 582. The van der Waals surface area contributed by atoms with Crippen LogP contribution in [0.3, 0.4) is 0 Å². The van der Waals surface area contributed by atoms with Crippen LogP contribution in [0.2, 0.25) is 0 Å². The molecule has 1 aromatic heterocycles. The van der Waals surface area contributed by atoms with E-state index in [1.54, 1.807) is 32.0 Å². The van der Waals surface area contributed by atoms with Crippen LogP contribution in [0.4, 0.5) is 13.2 Å². The summed E-state index contributed by atoms with van der Waals surface area (Å²) in [6, 6.07) is 5.31. The van der Waals surface area contributed by atoms with Crippen molar-refractivity contribution in [2.24, 2.45) is 0 Å². The fraction of sp³-hybridized carbons (Fsp3) is 0.308. The van der Waals surface area contributed by atoms with E-state index >= 15 is 0 Å². The number of hydrogen-bond acceptors (Lipinski definition) is 1. The molecule has 2 nitrogen and oxygen atoms in total. The summed E-state index contributed by atoms with van der Waals surface area (Å²) in [7, 11) is 0. The normalized spacial score (nSPS) is 11.9. The maximum atomic E-state index is 13.2. The minimum Gasteiger partial charge on any atom is -0.228 e. The highest BCUT2D eigenvalue weighted by molar-refractivity contribution is 6.17. The highest BCUT2D eigenvalue weighted by Gasteiger charge is 2.38. The predicted octanol–water partition coefficient (Wildman–Crippen LogP) is 4.25. The van der Waals surface area contributed by atoms with Gasteiger partial charge in [0.05, 0.1) is 17.8 Å². The SMILES string of the molecule is Cc1cccc(C)c1-n1ncc(CCl)c1C(F)(F)F. The van der Waals surface area contributed by atoms with E-state index in [0.29, 0.717) is 5.69 Å². The summed E-state index contributed by atoms with van der Waals surface area (Å²) in [5.41, 5.74) is 1.09. The average Bonchev–Trinajstić information content (AvgIpc) is 2.72. The first-order valence-electron chi connectivity index (χ1n) is 5.63. The number of aromatic nitrogens is 2. The molecule has 1 aromatic carbocycles. The molecule has 0 unspecified atom stereocenters. The van der Waals surface area contributed by atoms with Crippen molar-refractivity contribution in [1.29, 1.82) is 0 Å². The summed E-state index contributed by atoms with van der Waals surface area (Å²) in [6.07, 6.45) is -3.32. The molecule has 0 aliphatic heterocycles. The van der Waals surface area contributed by atoms with Gasteiger partial charge >= 0.3 is 6.18 Å². The van der Waals surface area contributed by atoms with Gasteiger partial charge in [0.2, 0.25) is 0 Å². The molecule has 0 N–H and O–H groups in total. The molecule has 1 heterocycles. The predicted molar refractivity (Wildman–Crippen MR) is 67.6 cm³/mol. The number of para-hydroxylation sites is 1. The quantitative estimate of drug-likeness (QED) is 0.756. The number of hydrogen-bond donors (Lipinski definition) is 0. The Morgan fingerprint density at radius 2 is 1.79 bits per heavy atom. The van der Waals surface area contributed by atoms with Crippen LogP contribution in [-0.2, 0) is 12.1 Å². The van der Waals surface area contributed by atoms with Crippen molar-refractivity contribution < 1.29 is 13.2 Å². The number of benzene rings is 1. The minimum atomic E-state index is -4.49. The lowest BCUT2D eigenvalue weighted by Crippen LogP contribution is -2.16. The van der Waals surface area contributed by atoms with Gasteiger partial charge in [0.25, 0.3) is 0 Å². The van der Waals surface area contributed by atoms with Crippen molar-refractivity contribution in [3.8, 4) is 5.69 Å². The second kappa shape index (κ2) is 4.89. The van der Waals surface area contributed by atoms with Crippen molar-refractivity contribution in [3.63, 3.8) is 0 Å². The van der Waals surface area contributed by atoms with E-state index in [9.17, 15) is 13.2 Å². The Hall–Kier alpha value is -1.49. The van der Waals surface area contributed by atoms with Gasteiger partial charge in [0.1, 0.15) is 0 Å². The summed E-state index contributed by atoms with van der Waals surface area (Å²) < 4.78 is 40.4. The van der Waals surface area contributed by atoms with Gasteiger partial charge in [0.15, 0.2) is 5.69 Å².